The normalized spacial score (nSPS) is 12.5. The van der Waals surface area contributed by atoms with Crippen LogP contribution in [0.2, 0.25) is 0 Å². The minimum atomic E-state index is -0.787. The van der Waals surface area contributed by atoms with E-state index in [0.29, 0.717) is 19.3 Å². The number of allylic oxidation sites excluding steroid dienone is 10. The van der Waals surface area contributed by atoms with Crippen LogP contribution in [-0.2, 0) is 28.6 Å². The Kier molecular flexibility index (Phi) is 50.4. The number of carbonyl (C=O) groups excluding carboxylic acids is 3. The molecule has 0 aliphatic heterocycles. The molecule has 0 rings (SSSR count). The Labute approximate surface area is 396 Å². The van der Waals surface area contributed by atoms with Crippen LogP contribution in [0.25, 0.3) is 0 Å². The van der Waals surface area contributed by atoms with Crippen LogP contribution in [0.15, 0.2) is 60.8 Å². The number of hydrogen-bond donors (Lipinski definition) is 0. The van der Waals surface area contributed by atoms with Crippen LogP contribution >= 0.6 is 0 Å². The van der Waals surface area contributed by atoms with E-state index in [0.717, 1.165) is 103 Å². The quantitative estimate of drug-likeness (QED) is 0.0262. The Morgan fingerprint density at radius 1 is 0.312 bits per heavy atom. The first kappa shape index (κ1) is 61.1. The van der Waals surface area contributed by atoms with Crippen molar-refractivity contribution in [3.05, 3.63) is 60.8 Å². The van der Waals surface area contributed by atoms with Gasteiger partial charge in [-0.15, -0.1) is 0 Å². The van der Waals surface area contributed by atoms with Gasteiger partial charge in [-0.3, -0.25) is 14.4 Å². The number of esters is 3. The number of carbonyl (C=O) groups is 3. The summed E-state index contributed by atoms with van der Waals surface area (Å²) in [4.78, 5) is 38.0. The lowest BCUT2D eigenvalue weighted by atomic mass is 10.1. The van der Waals surface area contributed by atoms with Crippen molar-refractivity contribution in [1.29, 1.82) is 0 Å². The summed E-state index contributed by atoms with van der Waals surface area (Å²) in [6.45, 7) is 6.57. The van der Waals surface area contributed by atoms with Crippen LogP contribution in [0.1, 0.15) is 271 Å². The predicted octanol–water partition coefficient (Wildman–Crippen LogP) is 18.0. The van der Waals surface area contributed by atoms with E-state index >= 15 is 0 Å². The number of ether oxygens (including phenoxy) is 3. The first-order valence-corrected chi connectivity index (χ1v) is 27.3. The van der Waals surface area contributed by atoms with E-state index in [2.05, 4.69) is 81.5 Å². The lowest BCUT2D eigenvalue weighted by Crippen LogP contribution is -2.30. The summed E-state index contributed by atoms with van der Waals surface area (Å²) in [5, 5.41) is 0. The Bertz CT molecular complexity index is 1170. The van der Waals surface area contributed by atoms with Crippen molar-refractivity contribution >= 4 is 17.9 Å². The van der Waals surface area contributed by atoms with E-state index in [1.54, 1.807) is 0 Å². The predicted molar refractivity (Wildman–Crippen MR) is 275 cm³/mol. The zero-order valence-corrected chi connectivity index (χ0v) is 42.3. The third kappa shape index (κ3) is 50.1. The average Bonchev–Trinajstić information content (AvgIpc) is 3.29. The lowest BCUT2D eigenvalue weighted by Gasteiger charge is -2.18. The third-order valence-corrected chi connectivity index (χ3v) is 11.7. The van der Waals surface area contributed by atoms with Gasteiger partial charge in [0, 0.05) is 19.3 Å². The molecule has 1 unspecified atom stereocenters. The van der Waals surface area contributed by atoms with Crippen molar-refractivity contribution in [2.45, 2.75) is 277 Å². The van der Waals surface area contributed by atoms with E-state index < -0.39 is 6.10 Å². The molecule has 0 amide bonds. The minimum absolute atomic E-state index is 0.0864. The molecule has 0 bridgehead atoms. The van der Waals surface area contributed by atoms with Crippen molar-refractivity contribution in [3.63, 3.8) is 0 Å². The summed E-state index contributed by atoms with van der Waals surface area (Å²) in [6, 6.07) is 0. The average molecular weight is 895 g/mol. The van der Waals surface area contributed by atoms with Crippen LogP contribution in [0.3, 0.4) is 0 Å². The SMILES string of the molecule is CCCCC/C=C\CCCCCCCC(=O)OCC(COC(=O)CCCCCCCCC/C=C\C/C=C\CCCCCC)OC(=O)CCCCCCC/C=C\C/C=C\CCCCCC. The first-order chi connectivity index (χ1) is 31.5. The largest absolute Gasteiger partial charge is 0.462 e. The highest BCUT2D eigenvalue weighted by molar-refractivity contribution is 5.71. The van der Waals surface area contributed by atoms with E-state index in [-0.39, 0.29) is 31.1 Å². The summed E-state index contributed by atoms with van der Waals surface area (Å²) >= 11 is 0. The Hall–Kier alpha value is -2.89. The van der Waals surface area contributed by atoms with Crippen molar-refractivity contribution in [3.8, 4) is 0 Å². The van der Waals surface area contributed by atoms with Gasteiger partial charge in [0.1, 0.15) is 13.2 Å². The fourth-order valence-electron chi connectivity index (χ4n) is 7.56. The zero-order chi connectivity index (χ0) is 46.5. The van der Waals surface area contributed by atoms with Gasteiger partial charge in [0.2, 0.25) is 0 Å². The van der Waals surface area contributed by atoms with E-state index in [4.69, 9.17) is 14.2 Å². The molecule has 0 aromatic rings. The summed E-state index contributed by atoms with van der Waals surface area (Å²) < 4.78 is 16.8. The molecule has 0 N–H and O–H groups in total. The molecule has 0 saturated heterocycles. The highest BCUT2D eigenvalue weighted by atomic mass is 16.6. The summed E-state index contributed by atoms with van der Waals surface area (Å²) in [5.41, 5.74) is 0. The van der Waals surface area contributed by atoms with Crippen molar-refractivity contribution in [1.82, 2.24) is 0 Å². The van der Waals surface area contributed by atoms with Gasteiger partial charge in [0.05, 0.1) is 0 Å². The maximum atomic E-state index is 12.8. The van der Waals surface area contributed by atoms with E-state index in [9.17, 15) is 14.4 Å². The molecule has 0 radical (unpaired) electrons. The lowest BCUT2D eigenvalue weighted by molar-refractivity contribution is -0.167. The van der Waals surface area contributed by atoms with Crippen LogP contribution in [0, 0.1) is 0 Å². The number of unbranched alkanes of at least 4 members (excludes halogenated alkanes) is 28. The molecule has 0 aliphatic carbocycles. The van der Waals surface area contributed by atoms with Gasteiger partial charge in [-0.1, -0.05) is 204 Å². The fraction of sp³-hybridized carbons (Fsp3) is 0.776. The third-order valence-electron chi connectivity index (χ3n) is 11.7. The van der Waals surface area contributed by atoms with Crippen molar-refractivity contribution < 1.29 is 28.6 Å². The molecule has 0 heterocycles. The molecular weight excluding hydrogens is 793 g/mol. The van der Waals surface area contributed by atoms with Gasteiger partial charge in [-0.2, -0.15) is 0 Å². The standard InChI is InChI=1S/C58H102O6/c1-4-7-10-13-16-19-22-25-27-29-30-32-33-36-39-42-45-48-51-57(60)63-54-55(53-62-56(59)50-47-44-41-38-35-24-21-18-15-12-9-6-3)64-58(61)52-49-46-43-40-37-34-31-28-26-23-20-17-14-11-8-5-2/h18-23,27-29,31,55H,4-17,24-26,30,32-54H2,1-3H3/b21-18-,22-19-,23-20-,29-27-,31-28-. The Morgan fingerprint density at radius 3 is 0.906 bits per heavy atom. The summed E-state index contributed by atoms with van der Waals surface area (Å²) in [7, 11) is 0. The van der Waals surface area contributed by atoms with Crippen LogP contribution in [0.4, 0.5) is 0 Å². The summed E-state index contributed by atoms with van der Waals surface area (Å²) in [5.74, 6) is -0.910. The van der Waals surface area contributed by atoms with Gasteiger partial charge in [0.25, 0.3) is 0 Å². The van der Waals surface area contributed by atoms with Crippen molar-refractivity contribution in [2.75, 3.05) is 13.2 Å². The molecule has 370 valence electrons. The monoisotopic (exact) mass is 895 g/mol. The van der Waals surface area contributed by atoms with Gasteiger partial charge < -0.3 is 14.2 Å². The minimum Gasteiger partial charge on any atom is -0.462 e. The maximum Gasteiger partial charge on any atom is 0.306 e. The second-order valence-corrected chi connectivity index (χ2v) is 18.1. The van der Waals surface area contributed by atoms with Crippen molar-refractivity contribution in [2.24, 2.45) is 0 Å². The first-order valence-electron chi connectivity index (χ1n) is 27.3. The molecule has 0 aromatic carbocycles. The molecule has 0 fully saturated rings. The molecule has 0 spiro atoms. The topological polar surface area (TPSA) is 78.9 Å². The molecule has 6 nitrogen and oxygen atoms in total. The molecule has 6 heteroatoms. The molecular formula is C58H102O6. The van der Waals surface area contributed by atoms with Gasteiger partial charge in [-0.25, -0.2) is 0 Å². The second-order valence-electron chi connectivity index (χ2n) is 18.1. The van der Waals surface area contributed by atoms with Crippen LogP contribution in [0.5, 0.6) is 0 Å². The molecule has 1 atom stereocenters. The van der Waals surface area contributed by atoms with Gasteiger partial charge >= 0.3 is 17.9 Å². The van der Waals surface area contributed by atoms with E-state index in [1.165, 1.54) is 128 Å². The maximum absolute atomic E-state index is 12.8. The Morgan fingerprint density at radius 2 is 0.562 bits per heavy atom. The van der Waals surface area contributed by atoms with E-state index in [1.807, 2.05) is 0 Å². The highest BCUT2D eigenvalue weighted by Crippen LogP contribution is 2.14. The Balaban J connectivity index is 4.40. The smallest absolute Gasteiger partial charge is 0.306 e. The molecule has 0 aliphatic rings. The summed E-state index contributed by atoms with van der Waals surface area (Å²) in [6.07, 6.45) is 64.8. The molecule has 0 aromatic heterocycles. The molecule has 0 saturated carbocycles. The van der Waals surface area contributed by atoms with Gasteiger partial charge in [-0.05, 0) is 109 Å². The molecule has 64 heavy (non-hydrogen) atoms. The zero-order valence-electron chi connectivity index (χ0n) is 42.3. The second kappa shape index (κ2) is 52.7. The van der Waals surface area contributed by atoms with Gasteiger partial charge in [0.15, 0.2) is 6.10 Å². The van der Waals surface area contributed by atoms with Crippen LogP contribution in [-0.4, -0.2) is 37.2 Å². The number of hydrogen-bond acceptors (Lipinski definition) is 6. The fourth-order valence-corrected chi connectivity index (χ4v) is 7.56. The number of rotatable bonds is 49. The van der Waals surface area contributed by atoms with Crippen LogP contribution < -0.4 is 0 Å². The highest BCUT2D eigenvalue weighted by Gasteiger charge is 2.19.